The number of piperidine rings is 1. The van der Waals surface area contributed by atoms with Gasteiger partial charge in [-0.1, -0.05) is 0 Å². The van der Waals surface area contributed by atoms with E-state index in [2.05, 4.69) is 24.7 Å². The Morgan fingerprint density at radius 2 is 1.73 bits per heavy atom. The molecule has 3 heteroatoms. The number of likely N-dealkylation sites (tertiary alicyclic amines) is 1. The third-order valence-corrected chi connectivity index (χ3v) is 3.26. The number of nitrogens with zero attached hydrogens (tertiary/aromatic N) is 2. The first-order chi connectivity index (χ1) is 5.20. The lowest BCUT2D eigenvalue weighted by Crippen LogP contribution is -2.58. The minimum absolute atomic E-state index is 0.737. The van der Waals surface area contributed by atoms with Crippen LogP contribution in [0.1, 0.15) is 12.8 Å². The molecule has 2 aliphatic rings. The van der Waals surface area contributed by atoms with Gasteiger partial charge in [0.25, 0.3) is 0 Å². The standard InChI is InChI=1S/C8H17BN2/c1-10-6-8(7-10)2-4-11(9)5-3-8/h2-7,9H2,1H3. The summed E-state index contributed by atoms with van der Waals surface area (Å²) in [5.74, 6) is 0. The van der Waals surface area contributed by atoms with Gasteiger partial charge in [0.2, 0.25) is 0 Å². The summed E-state index contributed by atoms with van der Waals surface area (Å²) in [6.07, 6.45) is 2.85. The molecule has 0 atom stereocenters. The van der Waals surface area contributed by atoms with Crippen LogP contribution in [-0.4, -0.2) is 50.9 Å². The fourth-order valence-corrected chi connectivity index (χ4v) is 2.51. The molecule has 62 valence electrons. The average molecular weight is 152 g/mol. The predicted octanol–water partition coefficient (Wildman–Crippen LogP) is -0.438. The molecule has 2 heterocycles. The second-order valence-electron chi connectivity index (χ2n) is 4.48. The first-order valence-corrected chi connectivity index (χ1v) is 4.57. The van der Waals surface area contributed by atoms with Gasteiger partial charge in [0.15, 0.2) is 7.98 Å². The van der Waals surface area contributed by atoms with Gasteiger partial charge >= 0.3 is 0 Å². The second-order valence-corrected chi connectivity index (χ2v) is 4.48. The summed E-state index contributed by atoms with van der Waals surface area (Å²) in [6.45, 7) is 5.32. The molecular weight excluding hydrogens is 135 g/mol. The molecule has 0 amide bonds. The van der Waals surface area contributed by atoms with Gasteiger partial charge in [0, 0.05) is 13.1 Å². The van der Waals surface area contributed by atoms with Crippen molar-refractivity contribution < 1.29 is 0 Å². The van der Waals surface area contributed by atoms with Gasteiger partial charge in [-0.25, -0.2) is 0 Å². The van der Waals surface area contributed by atoms with Crippen molar-refractivity contribution in [2.75, 3.05) is 33.2 Å². The Morgan fingerprint density at radius 1 is 1.18 bits per heavy atom. The molecule has 11 heavy (non-hydrogen) atoms. The van der Waals surface area contributed by atoms with Crippen molar-refractivity contribution in [3.63, 3.8) is 0 Å². The number of hydrogen-bond acceptors (Lipinski definition) is 2. The van der Waals surface area contributed by atoms with E-state index in [9.17, 15) is 0 Å². The Kier molecular flexibility index (Phi) is 1.73. The maximum atomic E-state index is 2.45. The van der Waals surface area contributed by atoms with Crippen LogP contribution in [0.5, 0.6) is 0 Å². The molecule has 2 rings (SSSR count). The molecule has 2 nitrogen and oxygen atoms in total. The van der Waals surface area contributed by atoms with Crippen LogP contribution in [0.25, 0.3) is 0 Å². The summed E-state index contributed by atoms with van der Waals surface area (Å²) in [5.41, 5.74) is 0.737. The van der Waals surface area contributed by atoms with E-state index in [-0.39, 0.29) is 0 Å². The molecule has 0 N–H and O–H groups in total. The molecule has 1 spiro atoms. The summed E-state index contributed by atoms with van der Waals surface area (Å²) in [5, 5.41) is 0. The van der Waals surface area contributed by atoms with Crippen molar-refractivity contribution in [2.45, 2.75) is 12.8 Å². The molecule has 2 saturated heterocycles. The average Bonchev–Trinajstić information content (AvgIpc) is 1.92. The number of hydrogen-bond donors (Lipinski definition) is 0. The first kappa shape index (κ1) is 7.62. The Balaban J connectivity index is 1.88. The lowest BCUT2D eigenvalue weighted by atomic mass is 9.72. The fraction of sp³-hybridized carbons (Fsp3) is 1.00. The molecule has 0 aromatic rings. The van der Waals surface area contributed by atoms with Crippen molar-refractivity contribution >= 4 is 7.98 Å². The van der Waals surface area contributed by atoms with Gasteiger partial charge in [0.05, 0.1) is 0 Å². The molecule has 0 bridgehead atoms. The Bertz CT molecular complexity index is 144. The Labute approximate surface area is 70.0 Å². The van der Waals surface area contributed by atoms with Gasteiger partial charge in [-0.3, -0.25) is 0 Å². The van der Waals surface area contributed by atoms with Crippen LogP contribution >= 0.6 is 0 Å². The molecular formula is C8H17BN2. The molecule has 0 aliphatic carbocycles. The highest BCUT2D eigenvalue weighted by Gasteiger charge is 2.42. The molecule has 0 radical (unpaired) electrons. The maximum absolute atomic E-state index is 2.45. The van der Waals surface area contributed by atoms with E-state index in [1.807, 2.05) is 0 Å². The number of rotatable bonds is 0. The summed E-state index contributed by atoms with van der Waals surface area (Å²) in [4.78, 5) is 4.88. The largest absolute Gasteiger partial charge is 0.349 e. The summed E-state index contributed by atoms with van der Waals surface area (Å²) < 4.78 is 0. The van der Waals surface area contributed by atoms with Crippen LogP contribution in [0.15, 0.2) is 0 Å². The van der Waals surface area contributed by atoms with Crippen LogP contribution < -0.4 is 0 Å². The van der Waals surface area contributed by atoms with Crippen molar-refractivity contribution in [1.82, 2.24) is 9.71 Å². The molecule has 2 fully saturated rings. The Hall–Kier alpha value is -0.0151. The maximum Gasteiger partial charge on any atom is 0.185 e. The Morgan fingerprint density at radius 3 is 2.18 bits per heavy atom. The van der Waals surface area contributed by atoms with Crippen LogP contribution in [0.2, 0.25) is 0 Å². The highest BCUT2D eigenvalue weighted by molar-refractivity contribution is 6.04. The van der Waals surface area contributed by atoms with Crippen molar-refractivity contribution in [1.29, 1.82) is 0 Å². The highest BCUT2D eigenvalue weighted by Crippen LogP contribution is 2.38. The topological polar surface area (TPSA) is 6.48 Å². The molecule has 2 aliphatic heterocycles. The minimum atomic E-state index is 0.737. The summed E-state index contributed by atoms with van der Waals surface area (Å²) in [6, 6.07) is 0. The third-order valence-electron chi connectivity index (χ3n) is 3.26. The molecule has 0 unspecified atom stereocenters. The lowest BCUT2D eigenvalue weighted by molar-refractivity contribution is -0.0170. The quantitative estimate of drug-likeness (QED) is 0.434. The van der Waals surface area contributed by atoms with E-state index in [4.69, 9.17) is 0 Å². The zero-order valence-corrected chi connectivity index (χ0v) is 7.64. The van der Waals surface area contributed by atoms with E-state index < -0.39 is 0 Å². The van der Waals surface area contributed by atoms with Gasteiger partial charge < -0.3 is 9.71 Å². The van der Waals surface area contributed by atoms with Crippen molar-refractivity contribution in [2.24, 2.45) is 5.41 Å². The summed E-state index contributed by atoms with van der Waals surface area (Å²) >= 11 is 0. The SMILES string of the molecule is BN1CCC2(CC1)CN(C)C2. The van der Waals surface area contributed by atoms with Gasteiger partial charge in [-0.05, 0) is 38.4 Å². The first-order valence-electron chi connectivity index (χ1n) is 4.57. The molecule has 0 saturated carbocycles. The zero-order chi connectivity index (χ0) is 7.90. The lowest BCUT2D eigenvalue weighted by Gasteiger charge is -2.52. The van der Waals surface area contributed by atoms with E-state index in [1.165, 1.54) is 39.0 Å². The van der Waals surface area contributed by atoms with Crippen molar-refractivity contribution in [3.05, 3.63) is 0 Å². The van der Waals surface area contributed by atoms with E-state index >= 15 is 0 Å². The van der Waals surface area contributed by atoms with E-state index in [0.29, 0.717) is 0 Å². The van der Waals surface area contributed by atoms with Gasteiger partial charge in [-0.2, -0.15) is 0 Å². The normalized spacial score (nSPS) is 32.1. The van der Waals surface area contributed by atoms with Gasteiger partial charge in [0.1, 0.15) is 0 Å². The third kappa shape index (κ3) is 1.32. The second kappa shape index (κ2) is 2.49. The smallest absolute Gasteiger partial charge is 0.185 e. The minimum Gasteiger partial charge on any atom is -0.349 e. The van der Waals surface area contributed by atoms with Crippen molar-refractivity contribution in [3.8, 4) is 0 Å². The monoisotopic (exact) mass is 152 g/mol. The van der Waals surface area contributed by atoms with E-state index in [0.717, 1.165) is 5.41 Å². The van der Waals surface area contributed by atoms with Crippen LogP contribution in [0.4, 0.5) is 0 Å². The zero-order valence-electron chi connectivity index (χ0n) is 7.64. The molecule has 0 aromatic carbocycles. The summed E-state index contributed by atoms with van der Waals surface area (Å²) in [7, 11) is 4.46. The van der Waals surface area contributed by atoms with Crippen LogP contribution in [0.3, 0.4) is 0 Å². The predicted molar refractivity (Wildman–Crippen MR) is 49.3 cm³/mol. The van der Waals surface area contributed by atoms with E-state index in [1.54, 1.807) is 0 Å². The van der Waals surface area contributed by atoms with Crippen LogP contribution in [-0.2, 0) is 0 Å². The molecule has 0 aromatic heterocycles. The fourth-order valence-electron chi connectivity index (χ4n) is 2.51. The highest BCUT2D eigenvalue weighted by atomic mass is 15.2. The van der Waals surface area contributed by atoms with Gasteiger partial charge in [-0.15, -0.1) is 0 Å². The van der Waals surface area contributed by atoms with Crippen LogP contribution in [0, 0.1) is 5.41 Å².